The summed E-state index contributed by atoms with van der Waals surface area (Å²) in [6.45, 7) is 0.427. The van der Waals surface area contributed by atoms with Gasteiger partial charge in [0.05, 0.1) is 16.2 Å². The van der Waals surface area contributed by atoms with Crippen molar-refractivity contribution in [1.29, 1.82) is 0 Å². The average molecular weight is 266 g/mol. The van der Waals surface area contributed by atoms with Gasteiger partial charge >= 0.3 is 0 Å². The van der Waals surface area contributed by atoms with E-state index in [4.69, 9.17) is 0 Å². The normalized spacial score (nSPS) is 13.9. The smallest absolute Gasteiger partial charge is 0.299 e. The van der Waals surface area contributed by atoms with Gasteiger partial charge in [-0.15, -0.1) is 0 Å². The van der Waals surface area contributed by atoms with E-state index < -0.39 is 16.6 Å². The summed E-state index contributed by atoms with van der Waals surface area (Å²) in [6, 6.07) is 3.92. The van der Waals surface area contributed by atoms with Crippen LogP contribution < -0.4 is 4.90 Å². The fourth-order valence-electron chi connectivity index (χ4n) is 1.81. The Hall–Kier alpha value is -1.89. The van der Waals surface area contributed by atoms with Crippen LogP contribution in [0.2, 0.25) is 0 Å². The Morgan fingerprint density at radius 3 is 2.72 bits per heavy atom. The Morgan fingerprint density at radius 1 is 1.39 bits per heavy atom. The molecule has 0 aliphatic carbocycles. The number of benzene rings is 1. The fourth-order valence-corrected chi connectivity index (χ4v) is 2.17. The minimum atomic E-state index is -0.671. The van der Waals surface area contributed by atoms with E-state index in [2.05, 4.69) is 0 Å². The lowest BCUT2D eigenvalue weighted by Crippen LogP contribution is -2.31. The standard InChI is InChI=1S/C11H10N2O4S/c1-18-5-4-12-9-3-2-7(13(16)17)6-8(9)10(14)11(12)15/h2-3,6H,4-5H2,1H3. The topological polar surface area (TPSA) is 80.5 Å². The molecule has 1 heterocycles. The monoisotopic (exact) mass is 266 g/mol. The van der Waals surface area contributed by atoms with Crippen LogP contribution in [0.1, 0.15) is 10.4 Å². The van der Waals surface area contributed by atoms with Crippen LogP contribution in [0.5, 0.6) is 0 Å². The second-order valence-corrected chi connectivity index (χ2v) is 4.72. The lowest BCUT2D eigenvalue weighted by Gasteiger charge is -2.15. The molecule has 18 heavy (non-hydrogen) atoms. The largest absolute Gasteiger partial charge is 0.304 e. The van der Waals surface area contributed by atoms with Gasteiger partial charge in [-0.05, 0) is 12.3 Å². The first kappa shape index (κ1) is 12.6. The molecule has 7 heteroatoms. The molecule has 0 N–H and O–H groups in total. The van der Waals surface area contributed by atoms with Crippen molar-refractivity contribution in [2.45, 2.75) is 0 Å². The first-order valence-corrected chi connectivity index (χ1v) is 6.59. The van der Waals surface area contributed by atoms with Crippen LogP contribution in [0.4, 0.5) is 11.4 Å². The highest BCUT2D eigenvalue weighted by molar-refractivity contribution is 7.98. The summed E-state index contributed by atoms with van der Waals surface area (Å²) < 4.78 is 0. The molecule has 1 aliphatic heterocycles. The number of ketones is 1. The molecule has 0 aromatic heterocycles. The van der Waals surface area contributed by atoms with Gasteiger partial charge in [-0.2, -0.15) is 11.8 Å². The van der Waals surface area contributed by atoms with Crippen molar-refractivity contribution in [2.75, 3.05) is 23.5 Å². The van der Waals surface area contributed by atoms with Crippen molar-refractivity contribution in [3.05, 3.63) is 33.9 Å². The second-order valence-electron chi connectivity index (χ2n) is 3.74. The van der Waals surface area contributed by atoms with E-state index in [-0.39, 0.29) is 11.3 Å². The molecule has 0 spiro atoms. The predicted molar refractivity (Wildman–Crippen MR) is 68.2 cm³/mol. The van der Waals surface area contributed by atoms with Gasteiger partial charge < -0.3 is 4.90 Å². The number of anilines is 1. The maximum Gasteiger partial charge on any atom is 0.299 e. The van der Waals surface area contributed by atoms with E-state index in [1.54, 1.807) is 11.8 Å². The predicted octanol–water partition coefficient (Wildman–Crippen LogP) is 1.49. The van der Waals surface area contributed by atoms with Crippen molar-refractivity contribution < 1.29 is 14.5 Å². The Balaban J connectivity index is 2.41. The molecule has 0 fully saturated rings. The average Bonchev–Trinajstić information content (AvgIpc) is 2.60. The van der Waals surface area contributed by atoms with Gasteiger partial charge in [0, 0.05) is 24.4 Å². The van der Waals surface area contributed by atoms with Crippen LogP contribution in [0.15, 0.2) is 18.2 Å². The number of carbonyl (C=O) groups is 2. The number of nitro benzene ring substituents is 1. The van der Waals surface area contributed by atoms with Gasteiger partial charge in [0.15, 0.2) is 0 Å². The lowest BCUT2D eigenvalue weighted by molar-refractivity contribution is -0.384. The number of Topliss-reactive ketones (excluding diaryl/α,β-unsaturated/α-hetero) is 1. The van der Waals surface area contributed by atoms with Gasteiger partial charge in [0.25, 0.3) is 17.4 Å². The summed E-state index contributed by atoms with van der Waals surface area (Å²) in [4.78, 5) is 34.9. The van der Waals surface area contributed by atoms with Crippen molar-refractivity contribution in [3.8, 4) is 0 Å². The first-order valence-electron chi connectivity index (χ1n) is 5.20. The Morgan fingerprint density at radius 2 is 2.11 bits per heavy atom. The van der Waals surface area contributed by atoms with Crippen molar-refractivity contribution in [1.82, 2.24) is 0 Å². The SMILES string of the molecule is CSCCN1C(=O)C(=O)c2cc([N+](=O)[O-])ccc21. The number of fused-ring (bicyclic) bond motifs is 1. The number of hydrogen-bond donors (Lipinski definition) is 0. The van der Waals surface area contributed by atoms with Gasteiger partial charge in [0.2, 0.25) is 0 Å². The molecule has 0 atom stereocenters. The van der Waals surface area contributed by atoms with E-state index in [1.165, 1.54) is 17.0 Å². The zero-order valence-electron chi connectivity index (χ0n) is 9.58. The molecule has 0 saturated carbocycles. The molecule has 6 nitrogen and oxygen atoms in total. The van der Waals surface area contributed by atoms with Crippen LogP contribution in [-0.2, 0) is 4.79 Å². The number of rotatable bonds is 4. The quantitative estimate of drug-likeness (QED) is 0.468. The molecule has 1 aliphatic rings. The van der Waals surface area contributed by atoms with Crippen LogP contribution in [0, 0.1) is 10.1 Å². The molecule has 0 bridgehead atoms. The number of hydrogen-bond acceptors (Lipinski definition) is 5. The van der Waals surface area contributed by atoms with Crippen molar-refractivity contribution in [3.63, 3.8) is 0 Å². The van der Waals surface area contributed by atoms with Crippen LogP contribution in [0.25, 0.3) is 0 Å². The molecule has 1 aromatic rings. The van der Waals surface area contributed by atoms with E-state index in [1.807, 2.05) is 6.26 Å². The van der Waals surface area contributed by atoms with Gasteiger partial charge in [-0.25, -0.2) is 0 Å². The summed E-state index contributed by atoms with van der Waals surface area (Å²) in [5.74, 6) is -0.579. The summed E-state index contributed by atoms with van der Waals surface area (Å²) >= 11 is 1.56. The lowest BCUT2D eigenvalue weighted by atomic mass is 10.1. The van der Waals surface area contributed by atoms with E-state index in [9.17, 15) is 19.7 Å². The molecule has 0 unspecified atom stereocenters. The summed E-state index contributed by atoms with van der Waals surface area (Å²) in [5, 5.41) is 10.6. The highest BCUT2D eigenvalue weighted by Crippen LogP contribution is 2.31. The number of amides is 1. The third-order valence-corrected chi connectivity index (χ3v) is 3.28. The fraction of sp³-hybridized carbons (Fsp3) is 0.273. The third kappa shape index (κ3) is 1.97. The number of carbonyl (C=O) groups excluding carboxylic acids is 2. The van der Waals surface area contributed by atoms with E-state index >= 15 is 0 Å². The number of nitro groups is 1. The zero-order valence-corrected chi connectivity index (χ0v) is 10.4. The zero-order chi connectivity index (χ0) is 13.3. The third-order valence-electron chi connectivity index (χ3n) is 2.68. The molecule has 0 saturated heterocycles. The maximum atomic E-state index is 11.7. The van der Waals surface area contributed by atoms with E-state index in [0.29, 0.717) is 18.0 Å². The first-order chi connectivity index (χ1) is 8.56. The maximum absolute atomic E-state index is 11.7. The minimum absolute atomic E-state index is 0.121. The Kier molecular flexibility index (Phi) is 3.33. The van der Waals surface area contributed by atoms with Gasteiger partial charge in [0.1, 0.15) is 0 Å². The van der Waals surface area contributed by atoms with Gasteiger partial charge in [-0.3, -0.25) is 19.7 Å². The summed E-state index contributed by atoms with van der Waals surface area (Å²) in [7, 11) is 0. The van der Waals surface area contributed by atoms with Crippen LogP contribution in [-0.4, -0.2) is 35.2 Å². The van der Waals surface area contributed by atoms with Gasteiger partial charge in [-0.1, -0.05) is 0 Å². The summed E-state index contributed by atoms with van der Waals surface area (Å²) in [6.07, 6.45) is 1.90. The van der Waals surface area contributed by atoms with Crippen molar-refractivity contribution >= 4 is 34.8 Å². The molecular weight excluding hydrogens is 256 g/mol. The Labute approximate surface area is 107 Å². The highest BCUT2D eigenvalue weighted by Gasteiger charge is 2.36. The number of non-ortho nitro benzene ring substituents is 1. The molecule has 1 aromatic carbocycles. The molecule has 0 radical (unpaired) electrons. The molecule has 1 amide bonds. The molecule has 94 valence electrons. The second kappa shape index (κ2) is 4.77. The van der Waals surface area contributed by atoms with Crippen LogP contribution in [0.3, 0.4) is 0 Å². The van der Waals surface area contributed by atoms with E-state index in [0.717, 1.165) is 6.07 Å². The minimum Gasteiger partial charge on any atom is -0.304 e. The molecule has 2 rings (SSSR count). The highest BCUT2D eigenvalue weighted by atomic mass is 32.2. The summed E-state index contributed by atoms with van der Waals surface area (Å²) in [5.41, 5.74) is 0.404. The van der Waals surface area contributed by atoms with Crippen molar-refractivity contribution in [2.24, 2.45) is 0 Å². The molecular formula is C11H10N2O4S. The number of thioether (sulfide) groups is 1. The number of nitrogens with zero attached hydrogens (tertiary/aromatic N) is 2. The Bertz CT molecular complexity index is 544. The van der Waals surface area contributed by atoms with Crippen LogP contribution >= 0.6 is 11.8 Å².